The smallest absolute Gasteiger partial charge is 0.0111 e. The molecule has 0 amide bonds. The summed E-state index contributed by atoms with van der Waals surface area (Å²) in [5.74, 6) is 0. The van der Waals surface area contributed by atoms with Crippen LogP contribution in [0.1, 0.15) is 19.4 Å². The molecule has 0 aromatic heterocycles. The Morgan fingerprint density at radius 3 is 2.28 bits per heavy atom. The minimum absolute atomic E-state index is 1.25. The largest absolute Gasteiger partial charge is 0.0847 e. The summed E-state index contributed by atoms with van der Waals surface area (Å²) in [7, 11) is 0. The van der Waals surface area contributed by atoms with Crippen LogP contribution in [-0.4, -0.2) is 0 Å². The molecule has 0 spiro atoms. The van der Waals surface area contributed by atoms with E-state index in [2.05, 4.69) is 80.6 Å². The third-order valence-electron chi connectivity index (χ3n) is 3.03. The van der Waals surface area contributed by atoms with Crippen LogP contribution in [0.15, 0.2) is 72.3 Å². The van der Waals surface area contributed by atoms with E-state index in [4.69, 9.17) is 0 Å². The van der Waals surface area contributed by atoms with Crippen molar-refractivity contribution in [1.82, 2.24) is 0 Å². The molecule has 0 saturated carbocycles. The fourth-order valence-corrected chi connectivity index (χ4v) is 1.84. The van der Waals surface area contributed by atoms with Gasteiger partial charge in [-0.2, -0.15) is 0 Å². The predicted octanol–water partition coefficient (Wildman–Crippen LogP) is 5.33. The minimum atomic E-state index is 1.25. The number of benzene rings is 2. The highest BCUT2D eigenvalue weighted by atomic mass is 14.0. The molecule has 0 aliphatic rings. The Labute approximate surface area is 109 Å². The van der Waals surface area contributed by atoms with E-state index >= 15 is 0 Å². The van der Waals surface area contributed by atoms with E-state index in [0.717, 1.165) is 0 Å². The second kappa shape index (κ2) is 6.02. The van der Waals surface area contributed by atoms with Crippen LogP contribution in [0.4, 0.5) is 0 Å². The molecular formula is C18H18. The van der Waals surface area contributed by atoms with Crippen molar-refractivity contribution in [3.05, 3.63) is 77.9 Å². The quantitative estimate of drug-likeness (QED) is 0.629. The van der Waals surface area contributed by atoms with Gasteiger partial charge < -0.3 is 0 Å². The lowest BCUT2D eigenvalue weighted by molar-refractivity contribution is 1.48. The molecular weight excluding hydrogens is 216 g/mol. The summed E-state index contributed by atoms with van der Waals surface area (Å²) < 4.78 is 0. The fourth-order valence-electron chi connectivity index (χ4n) is 1.84. The third-order valence-corrected chi connectivity index (χ3v) is 3.03. The van der Waals surface area contributed by atoms with Crippen LogP contribution < -0.4 is 0 Å². The van der Waals surface area contributed by atoms with Gasteiger partial charge in [-0.05, 0) is 30.5 Å². The second-order valence-electron chi connectivity index (χ2n) is 4.32. The molecule has 0 aliphatic heterocycles. The zero-order valence-corrected chi connectivity index (χ0v) is 10.9. The van der Waals surface area contributed by atoms with Gasteiger partial charge in [-0.1, -0.05) is 78.4 Å². The topological polar surface area (TPSA) is 0 Å². The van der Waals surface area contributed by atoms with Crippen molar-refractivity contribution >= 4 is 6.08 Å². The molecule has 18 heavy (non-hydrogen) atoms. The summed E-state index contributed by atoms with van der Waals surface area (Å²) >= 11 is 0. The number of allylic oxidation sites excluding steroid dienone is 3. The Hall–Kier alpha value is -2.08. The first-order valence-corrected chi connectivity index (χ1v) is 6.26. The van der Waals surface area contributed by atoms with Crippen molar-refractivity contribution in [2.75, 3.05) is 0 Å². The average molecular weight is 234 g/mol. The summed E-state index contributed by atoms with van der Waals surface area (Å²) in [6, 6.07) is 19.0. The number of hydrogen-bond donors (Lipinski definition) is 0. The van der Waals surface area contributed by atoms with Gasteiger partial charge in [-0.25, -0.2) is 0 Å². The van der Waals surface area contributed by atoms with Crippen LogP contribution in [0.5, 0.6) is 0 Å². The van der Waals surface area contributed by atoms with Gasteiger partial charge in [0.1, 0.15) is 0 Å². The minimum Gasteiger partial charge on any atom is -0.0847 e. The Morgan fingerprint density at radius 1 is 0.889 bits per heavy atom. The van der Waals surface area contributed by atoms with Crippen molar-refractivity contribution in [1.29, 1.82) is 0 Å². The highest BCUT2D eigenvalue weighted by Gasteiger charge is 2.00. The molecule has 2 aromatic carbocycles. The molecule has 2 rings (SSSR count). The standard InChI is InChI=1S/C18H18/c1-3-15(2)13-14-17-11-7-8-12-18(17)16-9-5-4-6-10-16/h3-14H,1-2H3/b14-13+,15-3+. The lowest BCUT2D eigenvalue weighted by atomic mass is 9.99. The maximum absolute atomic E-state index is 2.18. The molecule has 0 N–H and O–H groups in total. The first kappa shape index (κ1) is 12.4. The van der Waals surface area contributed by atoms with Gasteiger partial charge >= 0.3 is 0 Å². The van der Waals surface area contributed by atoms with Gasteiger partial charge in [0.2, 0.25) is 0 Å². The molecule has 0 radical (unpaired) electrons. The lowest BCUT2D eigenvalue weighted by Gasteiger charge is -2.06. The zero-order valence-electron chi connectivity index (χ0n) is 10.9. The van der Waals surface area contributed by atoms with E-state index in [1.54, 1.807) is 0 Å². The first-order valence-electron chi connectivity index (χ1n) is 6.26. The van der Waals surface area contributed by atoms with Crippen LogP contribution in [0.3, 0.4) is 0 Å². The van der Waals surface area contributed by atoms with Gasteiger partial charge in [0.05, 0.1) is 0 Å². The lowest BCUT2D eigenvalue weighted by Crippen LogP contribution is -1.82. The Morgan fingerprint density at radius 2 is 1.56 bits per heavy atom. The van der Waals surface area contributed by atoms with Crippen LogP contribution >= 0.6 is 0 Å². The second-order valence-corrected chi connectivity index (χ2v) is 4.32. The highest BCUT2D eigenvalue weighted by molar-refractivity contribution is 5.75. The van der Waals surface area contributed by atoms with E-state index in [-0.39, 0.29) is 0 Å². The SMILES string of the molecule is C/C=C(C)/C=C/c1ccccc1-c1ccccc1. The predicted molar refractivity (Wildman–Crippen MR) is 80.3 cm³/mol. The molecule has 0 fully saturated rings. The summed E-state index contributed by atoms with van der Waals surface area (Å²) in [6.45, 7) is 4.17. The van der Waals surface area contributed by atoms with E-state index in [0.29, 0.717) is 0 Å². The van der Waals surface area contributed by atoms with Gasteiger partial charge in [0, 0.05) is 0 Å². The van der Waals surface area contributed by atoms with Crippen molar-refractivity contribution in [2.24, 2.45) is 0 Å². The van der Waals surface area contributed by atoms with Crippen molar-refractivity contribution in [2.45, 2.75) is 13.8 Å². The number of rotatable bonds is 3. The maximum atomic E-state index is 2.18. The molecule has 0 unspecified atom stereocenters. The Kier molecular flexibility index (Phi) is 4.14. The Bertz CT molecular complexity index is 560. The van der Waals surface area contributed by atoms with Gasteiger partial charge in [0.15, 0.2) is 0 Å². The highest BCUT2D eigenvalue weighted by Crippen LogP contribution is 2.24. The van der Waals surface area contributed by atoms with Gasteiger partial charge in [0.25, 0.3) is 0 Å². The maximum Gasteiger partial charge on any atom is -0.0111 e. The van der Waals surface area contributed by atoms with Crippen LogP contribution in [0.2, 0.25) is 0 Å². The monoisotopic (exact) mass is 234 g/mol. The summed E-state index contributed by atoms with van der Waals surface area (Å²) in [6.07, 6.45) is 6.45. The molecule has 0 heteroatoms. The summed E-state index contributed by atoms with van der Waals surface area (Å²) in [5, 5.41) is 0. The number of hydrogen-bond acceptors (Lipinski definition) is 0. The third kappa shape index (κ3) is 2.98. The van der Waals surface area contributed by atoms with Gasteiger partial charge in [-0.15, -0.1) is 0 Å². The molecule has 0 aliphatic carbocycles. The molecule has 0 heterocycles. The molecule has 0 nitrogen and oxygen atoms in total. The van der Waals surface area contributed by atoms with Crippen LogP contribution in [0, 0.1) is 0 Å². The molecule has 0 saturated heterocycles. The molecule has 90 valence electrons. The Balaban J connectivity index is 2.41. The van der Waals surface area contributed by atoms with E-state index in [1.807, 2.05) is 6.07 Å². The van der Waals surface area contributed by atoms with Gasteiger partial charge in [-0.3, -0.25) is 0 Å². The summed E-state index contributed by atoms with van der Waals surface area (Å²) in [4.78, 5) is 0. The molecule has 0 bridgehead atoms. The van der Waals surface area contributed by atoms with E-state index in [9.17, 15) is 0 Å². The average Bonchev–Trinajstić information content (AvgIpc) is 2.46. The van der Waals surface area contributed by atoms with E-state index < -0.39 is 0 Å². The molecule has 2 aromatic rings. The van der Waals surface area contributed by atoms with Crippen LogP contribution in [0.25, 0.3) is 17.2 Å². The van der Waals surface area contributed by atoms with Crippen LogP contribution in [-0.2, 0) is 0 Å². The van der Waals surface area contributed by atoms with Crippen molar-refractivity contribution in [3.63, 3.8) is 0 Å². The van der Waals surface area contributed by atoms with Crippen molar-refractivity contribution in [3.8, 4) is 11.1 Å². The normalized spacial score (nSPS) is 12.0. The zero-order chi connectivity index (χ0) is 12.8. The van der Waals surface area contributed by atoms with E-state index in [1.165, 1.54) is 22.3 Å². The molecule has 0 atom stereocenters. The fraction of sp³-hybridized carbons (Fsp3) is 0.111. The van der Waals surface area contributed by atoms with Crippen molar-refractivity contribution < 1.29 is 0 Å². The summed E-state index contributed by atoms with van der Waals surface area (Å²) in [5.41, 5.74) is 5.07. The first-order chi connectivity index (χ1) is 8.81.